The second-order valence-corrected chi connectivity index (χ2v) is 8.62. The normalized spacial score (nSPS) is 21.4. The molecular weight excluding hydrogens is 418 g/mol. The fourth-order valence-corrected chi connectivity index (χ4v) is 4.86. The van der Waals surface area contributed by atoms with Gasteiger partial charge in [-0.3, -0.25) is 14.5 Å². The number of methoxy groups -OCH3 is 1. The number of amides is 2. The fraction of sp³-hybridized carbons (Fsp3) is 0.385. The summed E-state index contributed by atoms with van der Waals surface area (Å²) < 4.78 is 11.0. The Balaban J connectivity index is 1.43. The molecule has 1 atom stereocenters. The largest absolute Gasteiger partial charge is 0.497 e. The summed E-state index contributed by atoms with van der Waals surface area (Å²) in [5.41, 5.74) is 2.91. The van der Waals surface area contributed by atoms with Crippen molar-refractivity contribution in [2.45, 2.75) is 18.9 Å². The van der Waals surface area contributed by atoms with Crippen LogP contribution in [0.4, 0.5) is 5.69 Å². The third kappa shape index (κ3) is 4.20. The van der Waals surface area contributed by atoms with Gasteiger partial charge < -0.3 is 19.3 Å². The minimum atomic E-state index is -0.235. The van der Waals surface area contributed by atoms with E-state index in [0.717, 1.165) is 31.5 Å². The Bertz CT molecular complexity index is 1040. The molecule has 3 aliphatic rings. The van der Waals surface area contributed by atoms with Crippen molar-refractivity contribution in [3.63, 3.8) is 0 Å². The number of hydrogen-bond donors (Lipinski definition) is 0. The lowest BCUT2D eigenvalue weighted by Crippen LogP contribution is -2.48. The van der Waals surface area contributed by atoms with Crippen LogP contribution >= 0.6 is 0 Å². The summed E-state index contributed by atoms with van der Waals surface area (Å²) >= 11 is 0. The van der Waals surface area contributed by atoms with Gasteiger partial charge in [-0.15, -0.1) is 0 Å². The topological polar surface area (TPSA) is 62.3 Å². The Labute approximate surface area is 194 Å². The third-order valence-corrected chi connectivity index (χ3v) is 6.65. The molecule has 1 unspecified atom stereocenters. The molecule has 0 bridgehead atoms. The molecule has 33 heavy (non-hydrogen) atoms. The van der Waals surface area contributed by atoms with E-state index in [1.165, 1.54) is 10.6 Å². The van der Waals surface area contributed by atoms with E-state index in [2.05, 4.69) is 21.9 Å². The van der Waals surface area contributed by atoms with Crippen LogP contribution in [0.25, 0.3) is 5.57 Å². The molecule has 0 spiro atoms. The highest BCUT2D eigenvalue weighted by atomic mass is 16.5. The first-order chi connectivity index (χ1) is 16.2. The minimum absolute atomic E-state index is 0.0794. The van der Waals surface area contributed by atoms with Crippen LogP contribution in [0.3, 0.4) is 0 Å². The van der Waals surface area contributed by atoms with Crippen molar-refractivity contribution in [2.24, 2.45) is 0 Å². The molecule has 0 saturated carbocycles. The van der Waals surface area contributed by atoms with Gasteiger partial charge in [0.1, 0.15) is 11.4 Å². The lowest BCUT2D eigenvalue weighted by Gasteiger charge is -2.37. The van der Waals surface area contributed by atoms with E-state index < -0.39 is 0 Å². The van der Waals surface area contributed by atoms with Crippen molar-refractivity contribution < 1.29 is 19.1 Å². The molecule has 2 aromatic rings. The summed E-state index contributed by atoms with van der Waals surface area (Å²) in [7, 11) is 1.61. The van der Waals surface area contributed by atoms with Gasteiger partial charge in [-0.05, 0) is 42.7 Å². The molecule has 7 heteroatoms. The van der Waals surface area contributed by atoms with E-state index in [1.807, 2.05) is 42.5 Å². The summed E-state index contributed by atoms with van der Waals surface area (Å²) in [4.78, 5) is 32.9. The van der Waals surface area contributed by atoms with E-state index in [4.69, 9.17) is 9.47 Å². The zero-order valence-corrected chi connectivity index (χ0v) is 18.9. The van der Waals surface area contributed by atoms with Crippen LogP contribution < -0.4 is 9.64 Å². The maximum atomic E-state index is 13.6. The van der Waals surface area contributed by atoms with Crippen LogP contribution in [0, 0.1) is 0 Å². The number of para-hydroxylation sites is 1. The number of benzene rings is 2. The smallest absolute Gasteiger partial charge is 0.277 e. The maximum absolute atomic E-state index is 13.6. The molecule has 2 amide bonds. The van der Waals surface area contributed by atoms with Crippen molar-refractivity contribution in [3.05, 3.63) is 65.9 Å². The molecule has 0 N–H and O–H groups in total. The molecule has 3 heterocycles. The zero-order chi connectivity index (χ0) is 22.8. The molecule has 0 aromatic heterocycles. The molecule has 2 saturated heterocycles. The van der Waals surface area contributed by atoms with Crippen LogP contribution in [0.2, 0.25) is 0 Å². The molecule has 172 valence electrons. The Hall–Kier alpha value is -3.32. The summed E-state index contributed by atoms with van der Waals surface area (Å²) in [6, 6.07) is 17.7. The number of carbonyl (C=O) groups is 2. The molecular formula is C26H29N3O4. The summed E-state index contributed by atoms with van der Waals surface area (Å²) in [5.74, 6) is 0.265. The van der Waals surface area contributed by atoms with Crippen LogP contribution in [-0.4, -0.2) is 74.2 Å². The second kappa shape index (κ2) is 9.27. The van der Waals surface area contributed by atoms with Crippen molar-refractivity contribution in [1.29, 1.82) is 0 Å². The molecule has 0 radical (unpaired) electrons. The van der Waals surface area contributed by atoms with Crippen LogP contribution in [0.1, 0.15) is 18.4 Å². The van der Waals surface area contributed by atoms with Crippen LogP contribution in [0.15, 0.2) is 60.3 Å². The quantitative estimate of drug-likeness (QED) is 0.635. The van der Waals surface area contributed by atoms with Crippen molar-refractivity contribution in [1.82, 2.24) is 9.80 Å². The van der Waals surface area contributed by atoms with E-state index in [1.54, 1.807) is 7.11 Å². The first-order valence-corrected chi connectivity index (χ1v) is 11.6. The highest BCUT2D eigenvalue weighted by Crippen LogP contribution is 2.34. The number of ether oxygens (including phenoxy) is 2. The zero-order valence-electron chi connectivity index (χ0n) is 18.9. The van der Waals surface area contributed by atoms with Gasteiger partial charge in [-0.2, -0.15) is 0 Å². The van der Waals surface area contributed by atoms with Crippen molar-refractivity contribution >= 4 is 23.1 Å². The Kier molecular flexibility index (Phi) is 6.05. The highest BCUT2D eigenvalue weighted by Gasteiger charge is 2.43. The SMILES string of the molecule is COc1ccc(C2=C(N3CCN(c4ccccc4)CC3)C(=O)N(CC3CCCO3)C2=O)cc1. The van der Waals surface area contributed by atoms with Gasteiger partial charge in [0.2, 0.25) is 0 Å². The molecule has 2 aromatic carbocycles. The number of hydrogen-bond acceptors (Lipinski definition) is 6. The van der Waals surface area contributed by atoms with E-state index in [9.17, 15) is 9.59 Å². The third-order valence-electron chi connectivity index (χ3n) is 6.65. The average molecular weight is 448 g/mol. The average Bonchev–Trinajstić information content (AvgIpc) is 3.47. The molecule has 5 rings (SSSR count). The van der Waals surface area contributed by atoms with E-state index >= 15 is 0 Å². The van der Waals surface area contributed by atoms with Crippen LogP contribution in [0.5, 0.6) is 5.75 Å². The summed E-state index contributed by atoms with van der Waals surface area (Å²) in [5, 5.41) is 0. The first-order valence-electron chi connectivity index (χ1n) is 11.6. The number of rotatable bonds is 6. The number of carbonyl (C=O) groups excluding carboxylic acids is 2. The molecule has 0 aliphatic carbocycles. The predicted octanol–water partition coefficient (Wildman–Crippen LogP) is 2.78. The monoisotopic (exact) mass is 447 g/mol. The number of anilines is 1. The minimum Gasteiger partial charge on any atom is -0.497 e. The number of imide groups is 1. The molecule has 2 fully saturated rings. The standard InChI is InChI=1S/C26H29N3O4/c1-32-21-11-9-19(10-12-21)23-24(26(31)29(25(23)30)18-22-8-5-17-33-22)28-15-13-27(14-16-28)20-6-3-2-4-7-20/h2-4,6-7,9-12,22H,5,8,13-18H2,1H3. The van der Waals surface area contributed by atoms with Gasteiger partial charge >= 0.3 is 0 Å². The Morgan fingerprint density at radius 3 is 2.24 bits per heavy atom. The Morgan fingerprint density at radius 1 is 0.909 bits per heavy atom. The highest BCUT2D eigenvalue weighted by molar-refractivity contribution is 6.35. The maximum Gasteiger partial charge on any atom is 0.277 e. The van der Waals surface area contributed by atoms with Gasteiger partial charge in [-0.25, -0.2) is 0 Å². The first kappa shape index (κ1) is 21.5. The van der Waals surface area contributed by atoms with Crippen molar-refractivity contribution in [3.8, 4) is 5.75 Å². The summed E-state index contributed by atoms with van der Waals surface area (Å²) in [6.07, 6.45) is 1.76. The fourth-order valence-electron chi connectivity index (χ4n) is 4.86. The van der Waals surface area contributed by atoms with Gasteiger partial charge in [-0.1, -0.05) is 30.3 Å². The van der Waals surface area contributed by atoms with Crippen LogP contribution in [-0.2, 0) is 14.3 Å². The van der Waals surface area contributed by atoms with Gasteiger partial charge in [0.15, 0.2) is 0 Å². The van der Waals surface area contributed by atoms with E-state index in [0.29, 0.717) is 43.3 Å². The van der Waals surface area contributed by atoms with Crippen molar-refractivity contribution in [2.75, 3.05) is 51.3 Å². The lowest BCUT2D eigenvalue weighted by molar-refractivity contribution is -0.139. The second-order valence-electron chi connectivity index (χ2n) is 8.62. The van der Waals surface area contributed by atoms with Gasteiger partial charge in [0.05, 0.1) is 25.3 Å². The van der Waals surface area contributed by atoms with Gasteiger partial charge in [0, 0.05) is 38.5 Å². The predicted molar refractivity (Wildman–Crippen MR) is 126 cm³/mol. The molecule has 3 aliphatic heterocycles. The molecule has 7 nitrogen and oxygen atoms in total. The number of piperazine rings is 1. The summed E-state index contributed by atoms with van der Waals surface area (Å²) in [6.45, 7) is 3.93. The lowest BCUT2D eigenvalue weighted by atomic mass is 10.0. The Morgan fingerprint density at radius 2 is 1.61 bits per heavy atom. The van der Waals surface area contributed by atoms with E-state index in [-0.39, 0.29) is 17.9 Å². The van der Waals surface area contributed by atoms with Gasteiger partial charge in [0.25, 0.3) is 11.8 Å². The number of nitrogens with zero attached hydrogens (tertiary/aromatic N) is 3.